The summed E-state index contributed by atoms with van der Waals surface area (Å²) in [5, 5.41) is 9.51. The molecular formula is C18H14FeO3. The van der Waals surface area contributed by atoms with Crippen LogP contribution < -0.4 is 0 Å². The fourth-order valence-electron chi connectivity index (χ4n) is 1.79. The summed E-state index contributed by atoms with van der Waals surface area (Å²) in [5.41, 5.74) is 0.144. The van der Waals surface area contributed by atoms with Gasteiger partial charge in [0.15, 0.2) is 11.6 Å². The van der Waals surface area contributed by atoms with Crippen molar-refractivity contribution in [3.05, 3.63) is 93.5 Å². The number of carbonyl (C=O) groups is 2. The zero-order valence-corrected chi connectivity index (χ0v) is 12.7. The zero-order valence-electron chi connectivity index (χ0n) is 11.6. The number of phenolic OH excluding ortho intramolecular Hbond substituents is 1. The molecule has 0 aromatic heterocycles. The molecule has 112 valence electrons. The SMILES string of the molecule is O=C1[CH][CH][CH][CH][C]1C(=O)c1ccccc1O.[CH]1[CH][CH][CH][CH]1.[Fe]. The van der Waals surface area contributed by atoms with Crippen LogP contribution in [0, 0.1) is 63.7 Å². The van der Waals surface area contributed by atoms with Crippen LogP contribution in [0.3, 0.4) is 0 Å². The van der Waals surface area contributed by atoms with E-state index < -0.39 is 5.78 Å². The van der Waals surface area contributed by atoms with Crippen molar-refractivity contribution in [2.75, 3.05) is 0 Å². The Morgan fingerprint density at radius 2 is 1.36 bits per heavy atom. The molecule has 1 N–H and O–H groups in total. The minimum absolute atomic E-state index is 0. The molecule has 0 unspecified atom stereocenters. The molecule has 0 amide bonds. The van der Waals surface area contributed by atoms with E-state index in [0.29, 0.717) is 0 Å². The molecule has 2 aliphatic rings. The molecule has 0 atom stereocenters. The van der Waals surface area contributed by atoms with Crippen LogP contribution in [0.4, 0.5) is 0 Å². The van der Waals surface area contributed by atoms with Gasteiger partial charge in [-0.25, -0.2) is 0 Å². The van der Waals surface area contributed by atoms with Gasteiger partial charge in [-0.15, -0.1) is 0 Å². The maximum Gasteiger partial charge on any atom is 0.181 e. The summed E-state index contributed by atoms with van der Waals surface area (Å²) in [6, 6.07) is 6.17. The van der Waals surface area contributed by atoms with E-state index in [4.69, 9.17) is 0 Å². The molecule has 0 saturated heterocycles. The van der Waals surface area contributed by atoms with Crippen LogP contribution in [-0.4, -0.2) is 16.7 Å². The summed E-state index contributed by atoms with van der Waals surface area (Å²) >= 11 is 0. The molecule has 1 aromatic rings. The number of carbonyl (C=O) groups excluding carboxylic acids is 2. The molecule has 10 radical (unpaired) electrons. The maximum atomic E-state index is 11.9. The summed E-state index contributed by atoms with van der Waals surface area (Å²) in [7, 11) is 0. The summed E-state index contributed by atoms with van der Waals surface area (Å²) < 4.78 is 0. The molecule has 0 aliphatic heterocycles. The van der Waals surface area contributed by atoms with Crippen LogP contribution >= 0.6 is 0 Å². The second-order valence-electron chi connectivity index (χ2n) is 4.30. The van der Waals surface area contributed by atoms with Gasteiger partial charge in [-0.05, 0) is 63.5 Å². The average molecular weight is 334 g/mol. The summed E-state index contributed by atoms with van der Waals surface area (Å²) in [4.78, 5) is 23.4. The fourth-order valence-corrected chi connectivity index (χ4v) is 1.79. The number of Topliss-reactive ketones (excluding diaryl/α,β-unsaturated/α-hetero) is 2. The van der Waals surface area contributed by atoms with E-state index in [1.807, 2.05) is 32.1 Å². The molecule has 0 heterocycles. The van der Waals surface area contributed by atoms with Crippen molar-refractivity contribution < 1.29 is 31.8 Å². The van der Waals surface area contributed by atoms with Gasteiger partial charge in [-0.3, -0.25) is 9.59 Å². The second kappa shape index (κ2) is 9.81. The van der Waals surface area contributed by atoms with Crippen molar-refractivity contribution in [1.82, 2.24) is 0 Å². The van der Waals surface area contributed by atoms with E-state index in [2.05, 4.69) is 0 Å². The Balaban J connectivity index is 0.000000344. The van der Waals surface area contributed by atoms with Crippen molar-refractivity contribution in [3.63, 3.8) is 0 Å². The summed E-state index contributed by atoms with van der Waals surface area (Å²) in [6.45, 7) is 0. The number of hydrogen-bond donors (Lipinski definition) is 1. The van der Waals surface area contributed by atoms with Gasteiger partial charge in [0.25, 0.3) is 0 Å². The summed E-state index contributed by atoms with van der Waals surface area (Å²) in [5.74, 6) is -0.834. The number of phenols is 1. The Morgan fingerprint density at radius 3 is 1.91 bits per heavy atom. The number of aromatic hydroxyl groups is 1. The third-order valence-corrected chi connectivity index (χ3v) is 2.84. The smallest absolute Gasteiger partial charge is 0.181 e. The number of benzene rings is 1. The van der Waals surface area contributed by atoms with Gasteiger partial charge in [0.1, 0.15) is 11.7 Å². The maximum absolute atomic E-state index is 11.9. The Morgan fingerprint density at radius 1 is 0.818 bits per heavy atom. The number of ketones is 2. The normalized spacial score (nSPS) is 18.1. The first-order valence-electron chi connectivity index (χ1n) is 6.45. The van der Waals surface area contributed by atoms with E-state index in [-0.39, 0.29) is 40.1 Å². The fraction of sp³-hybridized carbons (Fsp3) is 0. The third-order valence-electron chi connectivity index (χ3n) is 2.84. The van der Waals surface area contributed by atoms with Crippen LogP contribution in [0.1, 0.15) is 10.4 Å². The van der Waals surface area contributed by atoms with E-state index in [1.54, 1.807) is 25.0 Å². The molecule has 22 heavy (non-hydrogen) atoms. The van der Waals surface area contributed by atoms with E-state index >= 15 is 0 Å². The van der Waals surface area contributed by atoms with Crippen LogP contribution in [0.5, 0.6) is 5.75 Å². The van der Waals surface area contributed by atoms with Crippen molar-refractivity contribution in [1.29, 1.82) is 0 Å². The van der Waals surface area contributed by atoms with Crippen molar-refractivity contribution in [3.8, 4) is 5.75 Å². The van der Waals surface area contributed by atoms with Gasteiger partial charge in [0.05, 0.1) is 5.56 Å². The topological polar surface area (TPSA) is 54.4 Å². The molecule has 0 bridgehead atoms. The molecule has 3 rings (SSSR count). The van der Waals surface area contributed by atoms with Crippen LogP contribution in [-0.2, 0) is 21.9 Å². The minimum Gasteiger partial charge on any atom is -0.507 e. The zero-order chi connectivity index (χ0) is 15.1. The first kappa shape index (κ1) is 18.9. The van der Waals surface area contributed by atoms with Crippen molar-refractivity contribution in [2.45, 2.75) is 0 Å². The molecule has 2 fully saturated rings. The second-order valence-corrected chi connectivity index (χ2v) is 4.30. The monoisotopic (exact) mass is 334 g/mol. The van der Waals surface area contributed by atoms with E-state index in [0.717, 1.165) is 0 Å². The molecule has 4 heteroatoms. The quantitative estimate of drug-likeness (QED) is 0.668. The van der Waals surface area contributed by atoms with Gasteiger partial charge >= 0.3 is 0 Å². The van der Waals surface area contributed by atoms with Gasteiger partial charge in [0.2, 0.25) is 0 Å². The Hall–Kier alpha value is -1.12. The molecule has 0 spiro atoms. The molecule has 2 saturated carbocycles. The molecular weight excluding hydrogens is 320 g/mol. The molecule has 3 nitrogen and oxygen atoms in total. The molecule has 1 aromatic carbocycles. The van der Waals surface area contributed by atoms with E-state index in [9.17, 15) is 14.7 Å². The number of para-hydroxylation sites is 1. The summed E-state index contributed by atoms with van der Waals surface area (Å²) in [6.07, 6.45) is 16.0. The van der Waals surface area contributed by atoms with Crippen LogP contribution in [0.25, 0.3) is 0 Å². The Labute approximate surface area is 143 Å². The van der Waals surface area contributed by atoms with Crippen molar-refractivity contribution in [2.24, 2.45) is 0 Å². The van der Waals surface area contributed by atoms with Crippen LogP contribution in [0.2, 0.25) is 0 Å². The Bertz CT molecular complexity index is 487. The standard InChI is InChI=1S/C13H9O3.C5H5.Fe/c14-11-7-3-1-5-9(11)13(16)10-6-2-4-8-12(10)15;1-2-4-5-3-1;/h1-8,14H;1-5H;. The van der Waals surface area contributed by atoms with Crippen LogP contribution in [0.15, 0.2) is 24.3 Å². The van der Waals surface area contributed by atoms with Crippen molar-refractivity contribution >= 4 is 11.6 Å². The Kier molecular flexibility index (Phi) is 8.44. The largest absolute Gasteiger partial charge is 0.507 e. The van der Waals surface area contributed by atoms with Gasteiger partial charge in [-0.2, -0.15) is 0 Å². The predicted molar refractivity (Wildman–Crippen MR) is 79.4 cm³/mol. The van der Waals surface area contributed by atoms with Gasteiger partial charge in [0, 0.05) is 23.5 Å². The predicted octanol–water partition coefficient (Wildman–Crippen LogP) is 2.57. The number of hydrogen-bond acceptors (Lipinski definition) is 3. The average Bonchev–Trinajstić information content (AvgIpc) is 3.07. The van der Waals surface area contributed by atoms with E-state index in [1.165, 1.54) is 25.0 Å². The third kappa shape index (κ3) is 5.26. The first-order chi connectivity index (χ1) is 10.2. The number of rotatable bonds is 2. The minimum atomic E-state index is -0.455. The first-order valence-corrected chi connectivity index (χ1v) is 6.45. The van der Waals surface area contributed by atoms with Gasteiger partial charge in [-0.1, -0.05) is 12.1 Å². The van der Waals surface area contributed by atoms with Gasteiger partial charge < -0.3 is 5.11 Å². The molecule has 2 aliphatic carbocycles.